The number of carbonyl (C=O) groups excluding carboxylic acids is 2. The van der Waals surface area contributed by atoms with Gasteiger partial charge in [-0.05, 0) is 28.7 Å². The minimum absolute atomic E-state index is 0.0574. The number of nitrogens with one attached hydrogen (secondary N) is 2. The highest BCUT2D eigenvalue weighted by Crippen LogP contribution is 2.44. The standard InChI is InChI=1S/C24H28N2O6/c1-2-7-21(23(29)25-12-13-31-15-22(27)28)26-24(30)32-14-20-18-10-5-3-8-16(18)17-9-4-6-11-19(17)20/h3-6,8-11,20-21H,2,7,12-15H2,1H3,(H,25,29)(H,26,30)(H,27,28)/t21-/m1/s1. The number of carboxylic acids is 1. The Bertz CT molecular complexity index is 916. The summed E-state index contributed by atoms with van der Waals surface area (Å²) in [5.41, 5.74) is 4.52. The molecule has 32 heavy (non-hydrogen) atoms. The van der Waals surface area contributed by atoms with E-state index in [1.54, 1.807) is 0 Å². The topological polar surface area (TPSA) is 114 Å². The van der Waals surface area contributed by atoms with Crippen molar-refractivity contribution in [1.29, 1.82) is 0 Å². The van der Waals surface area contributed by atoms with Crippen molar-refractivity contribution < 1.29 is 29.0 Å². The molecule has 170 valence electrons. The van der Waals surface area contributed by atoms with Gasteiger partial charge in [0.2, 0.25) is 5.91 Å². The Labute approximate surface area is 186 Å². The van der Waals surface area contributed by atoms with Crippen LogP contribution in [0, 0.1) is 0 Å². The van der Waals surface area contributed by atoms with Crippen LogP contribution in [-0.4, -0.2) is 55.5 Å². The fraction of sp³-hybridized carbons (Fsp3) is 0.375. The van der Waals surface area contributed by atoms with Crippen molar-refractivity contribution in [1.82, 2.24) is 10.6 Å². The molecule has 0 unspecified atom stereocenters. The third-order valence-electron chi connectivity index (χ3n) is 5.30. The molecule has 8 heteroatoms. The maximum Gasteiger partial charge on any atom is 0.407 e. The average Bonchev–Trinajstić information content (AvgIpc) is 3.10. The monoisotopic (exact) mass is 440 g/mol. The zero-order valence-electron chi connectivity index (χ0n) is 18.0. The van der Waals surface area contributed by atoms with Gasteiger partial charge in [-0.1, -0.05) is 61.9 Å². The first-order valence-corrected chi connectivity index (χ1v) is 10.7. The molecule has 2 aromatic rings. The molecule has 0 fully saturated rings. The second kappa shape index (κ2) is 11.3. The van der Waals surface area contributed by atoms with E-state index in [1.165, 1.54) is 0 Å². The van der Waals surface area contributed by atoms with Crippen molar-refractivity contribution in [2.75, 3.05) is 26.4 Å². The maximum absolute atomic E-state index is 12.5. The zero-order chi connectivity index (χ0) is 22.9. The largest absolute Gasteiger partial charge is 0.480 e. The maximum atomic E-state index is 12.5. The van der Waals surface area contributed by atoms with Crippen LogP contribution in [0.25, 0.3) is 11.1 Å². The van der Waals surface area contributed by atoms with Crippen LogP contribution in [0.1, 0.15) is 36.8 Å². The first-order chi connectivity index (χ1) is 15.5. The van der Waals surface area contributed by atoms with Crippen molar-refractivity contribution in [3.63, 3.8) is 0 Å². The van der Waals surface area contributed by atoms with Crippen molar-refractivity contribution in [2.45, 2.75) is 31.7 Å². The summed E-state index contributed by atoms with van der Waals surface area (Å²) in [5, 5.41) is 13.8. The summed E-state index contributed by atoms with van der Waals surface area (Å²) < 4.78 is 10.4. The highest BCUT2D eigenvalue weighted by Gasteiger charge is 2.29. The molecule has 1 aliphatic rings. The summed E-state index contributed by atoms with van der Waals surface area (Å²) in [6, 6.07) is 15.4. The van der Waals surface area contributed by atoms with E-state index in [2.05, 4.69) is 22.8 Å². The third-order valence-corrected chi connectivity index (χ3v) is 5.30. The van der Waals surface area contributed by atoms with Crippen LogP contribution in [0.4, 0.5) is 4.79 Å². The summed E-state index contributed by atoms with van der Waals surface area (Å²) in [6.45, 7) is 1.88. The molecule has 1 aliphatic carbocycles. The molecule has 0 saturated heterocycles. The smallest absolute Gasteiger partial charge is 0.407 e. The number of carbonyl (C=O) groups is 3. The van der Waals surface area contributed by atoms with E-state index in [4.69, 9.17) is 14.6 Å². The van der Waals surface area contributed by atoms with Crippen LogP contribution < -0.4 is 10.6 Å². The first kappa shape index (κ1) is 23.3. The number of benzene rings is 2. The predicted octanol–water partition coefficient (Wildman–Crippen LogP) is 2.91. The van der Waals surface area contributed by atoms with Crippen LogP contribution in [0.5, 0.6) is 0 Å². The fourth-order valence-electron chi connectivity index (χ4n) is 3.87. The Morgan fingerprint density at radius 3 is 2.25 bits per heavy atom. The second-order valence-corrected chi connectivity index (χ2v) is 7.55. The van der Waals surface area contributed by atoms with Crippen LogP contribution in [0.3, 0.4) is 0 Å². The summed E-state index contributed by atoms with van der Waals surface area (Å²) in [4.78, 5) is 35.3. The van der Waals surface area contributed by atoms with Gasteiger partial charge in [0.05, 0.1) is 6.61 Å². The lowest BCUT2D eigenvalue weighted by Gasteiger charge is -2.19. The summed E-state index contributed by atoms with van der Waals surface area (Å²) >= 11 is 0. The molecule has 0 heterocycles. The lowest BCUT2D eigenvalue weighted by molar-refractivity contribution is -0.142. The Morgan fingerprint density at radius 1 is 1.03 bits per heavy atom. The molecular formula is C24H28N2O6. The van der Waals surface area contributed by atoms with Gasteiger partial charge in [0, 0.05) is 12.5 Å². The molecule has 2 amide bonds. The van der Waals surface area contributed by atoms with Gasteiger partial charge >= 0.3 is 12.1 Å². The predicted molar refractivity (Wildman–Crippen MR) is 118 cm³/mol. The number of ether oxygens (including phenoxy) is 2. The summed E-state index contributed by atoms with van der Waals surface area (Å²) in [7, 11) is 0. The van der Waals surface area contributed by atoms with E-state index in [0.717, 1.165) is 22.3 Å². The quantitative estimate of drug-likeness (QED) is 0.463. The number of rotatable bonds is 11. The van der Waals surface area contributed by atoms with Gasteiger partial charge in [-0.15, -0.1) is 0 Å². The van der Waals surface area contributed by atoms with Crippen molar-refractivity contribution in [3.8, 4) is 11.1 Å². The first-order valence-electron chi connectivity index (χ1n) is 10.7. The minimum Gasteiger partial charge on any atom is -0.480 e. The second-order valence-electron chi connectivity index (χ2n) is 7.55. The molecule has 8 nitrogen and oxygen atoms in total. The summed E-state index contributed by atoms with van der Waals surface area (Å²) in [5.74, 6) is -1.49. The third kappa shape index (κ3) is 5.85. The SMILES string of the molecule is CCC[C@@H](NC(=O)OCC1c2ccccc2-c2ccccc21)C(=O)NCCOCC(=O)O. The van der Waals surface area contributed by atoms with Gasteiger partial charge < -0.3 is 25.2 Å². The molecule has 0 aliphatic heterocycles. The number of aliphatic carboxylic acids is 1. The molecule has 0 aromatic heterocycles. The van der Waals surface area contributed by atoms with Gasteiger partial charge in [-0.25, -0.2) is 9.59 Å². The molecule has 3 N–H and O–H groups in total. The number of carboxylic acid groups (broad SMARTS) is 1. The molecule has 0 saturated carbocycles. The van der Waals surface area contributed by atoms with Gasteiger partial charge in [-0.3, -0.25) is 4.79 Å². The number of fused-ring (bicyclic) bond motifs is 3. The van der Waals surface area contributed by atoms with E-state index in [0.29, 0.717) is 12.8 Å². The Morgan fingerprint density at radius 2 is 1.66 bits per heavy atom. The molecule has 0 bridgehead atoms. The van der Waals surface area contributed by atoms with E-state index in [-0.39, 0.29) is 31.6 Å². The van der Waals surface area contributed by atoms with Crippen LogP contribution in [-0.2, 0) is 19.1 Å². The fourth-order valence-corrected chi connectivity index (χ4v) is 3.87. The van der Waals surface area contributed by atoms with Crippen LogP contribution in [0.15, 0.2) is 48.5 Å². The molecule has 0 radical (unpaired) electrons. The van der Waals surface area contributed by atoms with Crippen molar-refractivity contribution >= 4 is 18.0 Å². The van der Waals surface area contributed by atoms with Crippen LogP contribution in [0.2, 0.25) is 0 Å². The highest BCUT2D eigenvalue weighted by atomic mass is 16.5. The number of hydrogen-bond acceptors (Lipinski definition) is 5. The Kier molecular flexibility index (Phi) is 8.21. The van der Waals surface area contributed by atoms with Gasteiger partial charge in [0.25, 0.3) is 0 Å². The molecule has 3 rings (SSSR count). The van der Waals surface area contributed by atoms with Crippen LogP contribution >= 0.6 is 0 Å². The lowest BCUT2D eigenvalue weighted by Crippen LogP contribution is -2.47. The van der Waals surface area contributed by atoms with E-state index >= 15 is 0 Å². The molecule has 2 aromatic carbocycles. The highest BCUT2D eigenvalue weighted by molar-refractivity contribution is 5.85. The van der Waals surface area contributed by atoms with E-state index in [9.17, 15) is 14.4 Å². The lowest BCUT2D eigenvalue weighted by atomic mass is 9.98. The minimum atomic E-state index is -1.07. The van der Waals surface area contributed by atoms with Gasteiger partial charge in [0.1, 0.15) is 19.3 Å². The Balaban J connectivity index is 1.53. The Hall–Kier alpha value is -3.39. The average molecular weight is 440 g/mol. The molecule has 1 atom stereocenters. The molecular weight excluding hydrogens is 412 g/mol. The van der Waals surface area contributed by atoms with Crippen molar-refractivity contribution in [2.24, 2.45) is 0 Å². The number of hydrogen-bond donors (Lipinski definition) is 3. The van der Waals surface area contributed by atoms with Gasteiger partial charge in [0.15, 0.2) is 0 Å². The van der Waals surface area contributed by atoms with Crippen molar-refractivity contribution in [3.05, 3.63) is 59.7 Å². The van der Waals surface area contributed by atoms with Gasteiger partial charge in [-0.2, -0.15) is 0 Å². The number of amides is 2. The summed E-state index contributed by atoms with van der Waals surface area (Å²) in [6.07, 6.45) is 0.492. The number of alkyl carbamates (subject to hydrolysis) is 1. The normalized spacial score (nSPS) is 13.0. The zero-order valence-corrected chi connectivity index (χ0v) is 18.0. The van der Waals surface area contributed by atoms with E-state index < -0.39 is 24.7 Å². The van der Waals surface area contributed by atoms with E-state index in [1.807, 2.05) is 43.3 Å². The molecule has 0 spiro atoms.